The molecule has 0 amide bonds. The van der Waals surface area contributed by atoms with Gasteiger partial charge in [0.15, 0.2) is 0 Å². The van der Waals surface area contributed by atoms with E-state index in [0.717, 1.165) is 25.7 Å². The van der Waals surface area contributed by atoms with Crippen LogP contribution in [0.2, 0.25) is 0 Å². The summed E-state index contributed by atoms with van der Waals surface area (Å²) in [6.45, 7) is 18.7. The van der Waals surface area contributed by atoms with Gasteiger partial charge in [-0.15, -0.1) is 0 Å². The number of hydrogen-bond acceptors (Lipinski definition) is 5. The van der Waals surface area contributed by atoms with Crippen LogP contribution in [0.25, 0.3) is 0 Å². The summed E-state index contributed by atoms with van der Waals surface area (Å²) in [5, 5.41) is 9.79. The Bertz CT molecular complexity index is 653. The minimum atomic E-state index is -1.17. The monoisotopic (exact) mass is 454 g/mol. The third kappa shape index (κ3) is 9.33. The summed E-state index contributed by atoms with van der Waals surface area (Å²) in [7, 11) is 0. The molecule has 3 atom stereocenters. The lowest BCUT2D eigenvalue weighted by molar-refractivity contribution is -0.167. The zero-order valence-corrected chi connectivity index (χ0v) is 21.6. The molecule has 0 bridgehead atoms. The lowest BCUT2D eigenvalue weighted by atomic mass is 9.65. The smallest absolute Gasteiger partial charge is 0.312 e. The Hall–Kier alpha value is -1.85. The average Bonchev–Trinajstić information content (AvgIpc) is 2.70. The predicted molar refractivity (Wildman–Crippen MR) is 127 cm³/mol. The number of aliphatic carboxylic acids is 1. The van der Waals surface area contributed by atoms with E-state index in [1.807, 2.05) is 0 Å². The zero-order valence-electron chi connectivity index (χ0n) is 21.6. The van der Waals surface area contributed by atoms with Crippen LogP contribution in [0, 0.1) is 22.2 Å². The van der Waals surface area contributed by atoms with E-state index in [4.69, 9.17) is 9.47 Å². The summed E-state index contributed by atoms with van der Waals surface area (Å²) in [5.74, 6) is -1.55. The van der Waals surface area contributed by atoms with Crippen molar-refractivity contribution in [1.82, 2.24) is 0 Å². The van der Waals surface area contributed by atoms with Crippen molar-refractivity contribution in [3.8, 4) is 0 Å². The normalized spacial score (nSPS) is 16.4. The number of carbonyl (C=O) groups is 3. The largest absolute Gasteiger partial charge is 0.481 e. The fraction of sp³-hybridized carbons (Fsp3) is 0.808. The van der Waals surface area contributed by atoms with Crippen molar-refractivity contribution < 1.29 is 29.0 Å². The van der Waals surface area contributed by atoms with Crippen LogP contribution >= 0.6 is 0 Å². The van der Waals surface area contributed by atoms with Gasteiger partial charge in [0.2, 0.25) is 0 Å². The van der Waals surface area contributed by atoms with Crippen LogP contribution in [0.3, 0.4) is 0 Å². The Balaban J connectivity index is 5.65. The summed E-state index contributed by atoms with van der Waals surface area (Å²) >= 11 is 0. The zero-order chi connectivity index (χ0) is 25.2. The second-order valence-corrected chi connectivity index (χ2v) is 10.6. The Morgan fingerprint density at radius 3 is 1.97 bits per heavy atom. The van der Waals surface area contributed by atoms with E-state index in [0.29, 0.717) is 24.5 Å². The summed E-state index contributed by atoms with van der Waals surface area (Å²) in [6, 6.07) is 0. The molecule has 1 N–H and O–H groups in total. The van der Waals surface area contributed by atoms with E-state index in [1.165, 1.54) is 0 Å². The SMILES string of the molecule is C=C(C)COC(=O)C(C)(CC(C)(C)C(=O)OCC(CC)CCCC)CC(C)(CC)C(=O)O. The molecule has 0 aromatic heterocycles. The predicted octanol–water partition coefficient (Wildman–Crippen LogP) is 6.18. The molecule has 0 heterocycles. The first-order valence-electron chi connectivity index (χ1n) is 11.9. The highest BCUT2D eigenvalue weighted by atomic mass is 16.5. The Kier molecular flexibility index (Phi) is 12.3. The third-order valence-corrected chi connectivity index (χ3v) is 6.40. The van der Waals surface area contributed by atoms with Gasteiger partial charge in [-0.2, -0.15) is 0 Å². The first-order valence-corrected chi connectivity index (χ1v) is 11.9. The molecule has 0 spiro atoms. The lowest BCUT2D eigenvalue weighted by Gasteiger charge is -2.39. The molecule has 0 saturated heterocycles. The molecule has 32 heavy (non-hydrogen) atoms. The highest BCUT2D eigenvalue weighted by Gasteiger charge is 2.49. The van der Waals surface area contributed by atoms with Gasteiger partial charge in [0.25, 0.3) is 0 Å². The summed E-state index contributed by atoms with van der Waals surface area (Å²) in [5.41, 5.74) is -2.58. The summed E-state index contributed by atoms with van der Waals surface area (Å²) in [4.78, 5) is 38.1. The van der Waals surface area contributed by atoms with Crippen molar-refractivity contribution >= 4 is 17.9 Å². The Morgan fingerprint density at radius 1 is 0.938 bits per heavy atom. The van der Waals surface area contributed by atoms with E-state index in [-0.39, 0.29) is 25.4 Å². The van der Waals surface area contributed by atoms with Crippen molar-refractivity contribution in [1.29, 1.82) is 0 Å². The van der Waals surface area contributed by atoms with Gasteiger partial charge in [0, 0.05) is 0 Å². The number of esters is 2. The van der Waals surface area contributed by atoms with Gasteiger partial charge in [-0.1, -0.05) is 46.6 Å². The summed E-state index contributed by atoms with van der Waals surface area (Å²) < 4.78 is 11.1. The quantitative estimate of drug-likeness (QED) is 0.221. The van der Waals surface area contributed by atoms with Gasteiger partial charge in [0.05, 0.1) is 22.9 Å². The molecular formula is C26H46O6. The number of carboxylic acids is 1. The number of carboxylic acid groups (broad SMARTS) is 1. The van der Waals surface area contributed by atoms with Crippen molar-refractivity contribution in [3.63, 3.8) is 0 Å². The molecule has 0 rings (SSSR count). The third-order valence-electron chi connectivity index (χ3n) is 6.40. The maximum absolute atomic E-state index is 13.1. The van der Waals surface area contributed by atoms with E-state index < -0.39 is 28.2 Å². The van der Waals surface area contributed by atoms with Crippen LogP contribution in [-0.2, 0) is 23.9 Å². The van der Waals surface area contributed by atoms with Crippen LogP contribution in [0.5, 0.6) is 0 Å². The van der Waals surface area contributed by atoms with Crippen LogP contribution in [0.15, 0.2) is 12.2 Å². The number of unbranched alkanes of at least 4 members (excludes halogenated alkanes) is 1. The molecule has 0 aliphatic carbocycles. The van der Waals surface area contributed by atoms with Crippen molar-refractivity contribution in [3.05, 3.63) is 12.2 Å². The van der Waals surface area contributed by atoms with Gasteiger partial charge in [0.1, 0.15) is 6.61 Å². The van der Waals surface area contributed by atoms with Crippen molar-refractivity contribution in [2.75, 3.05) is 13.2 Å². The standard InChI is InChI=1S/C26H46O6/c1-10-13-14-20(11-2)16-32-22(29)24(6,7)17-26(9,23(30)31-15-19(4)5)18-25(8,12-3)21(27)28/h20H,4,10-18H2,1-3,5-9H3,(H,27,28). The highest BCUT2D eigenvalue weighted by molar-refractivity contribution is 5.82. The Labute approximate surface area is 195 Å². The number of hydrogen-bond donors (Lipinski definition) is 1. The molecule has 0 aromatic carbocycles. The van der Waals surface area contributed by atoms with Crippen LogP contribution in [0.1, 0.15) is 100 Å². The molecule has 0 aliphatic heterocycles. The van der Waals surface area contributed by atoms with Crippen molar-refractivity contribution in [2.45, 2.75) is 100 Å². The molecule has 0 radical (unpaired) electrons. The molecule has 0 aromatic rings. The molecule has 186 valence electrons. The molecule has 0 aliphatic rings. The average molecular weight is 455 g/mol. The van der Waals surface area contributed by atoms with E-state index >= 15 is 0 Å². The van der Waals surface area contributed by atoms with Crippen LogP contribution in [-0.4, -0.2) is 36.2 Å². The second kappa shape index (κ2) is 13.0. The maximum Gasteiger partial charge on any atom is 0.312 e. The topological polar surface area (TPSA) is 89.9 Å². The minimum Gasteiger partial charge on any atom is -0.481 e. The van der Waals surface area contributed by atoms with E-state index in [9.17, 15) is 19.5 Å². The number of ether oxygens (including phenoxy) is 2. The van der Waals surface area contributed by atoms with Gasteiger partial charge >= 0.3 is 17.9 Å². The minimum absolute atomic E-state index is 0.0603. The maximum atomic E-state index is 13.1. The van der Waals surface area contributed by atoms with Gasteiger partial charge in [-0.05, 0) is 71.8 Å². The van der Waals surface area contributed by atoms with Crippen LogP contribution in [0.4, 0.5) is 0 Å². The molecular weight excluding hydrogens is 408 g/mol. The number of rotatable bonds is 16. The Morgan fingerprint density at radius 2 is 1.53 bits per heavy atom. The van der Waals surface area contributed by atoms with E-state index in [1.54, 1.807) is 41.5 Å². The highest BCUT2D eigenvalue weighted by Crippen LogP contribution is 2.45. The molecule has 6 nitrogen and oxygen atoms in total. The first kappa shape index (κ1) is 30.1. The fourth-order valence-corrected chi connectivity index (χ4v) is 4.12. The summed E-state index contributed by atoms with van der Waals surface area (Å²) in [6.07, 6.45) is 4.68. The molecule has 6 heteroatoms. The van der Waals surface area contributed by atoms with Gasteiger partial charge < -0.3 is 14.6 Å². The van der Waals surface area contributed by atoms with Gasteiger partial charge in [-0.25, -0.2) is 0 Å². The van der Waals surface area contributed by atoms with E-state index in [2.05, 4.69) is 20.4 Å². The molecule has 0 fully saturated rings. The second-order valence-electron chi connectivity index (χ2n) is 10.6. The molecule has 0 saturated carbocycles. The van der Waals surface area contributed by atoms with Crippen molar-refractivity contribution in [2.24, 2.45) is 22.2 Å². The molecule has 3 unspecified atom stereocenters. The lowest BCUT2D eigenvalue weighted by Crippen LogP contribution is -2.44. The van der Waals surface area contributed by atoms with Gasteiger partial charge in [-0.3, -0.25) is 14.4 Å². The first-order chi connectivity index (χ1) is 14.7. The number of carbonyl (C=O) groups excluding carboxylic acids is 2. The van der Waals surface area contributed by atoms with Crippen LogP contribution < -0.4 is 0 Å². The fourth-order valence-electron chi connectivity index (χ4n) is 4.12.